The first-order valence-electron chi connectivity index (χ1n) is 8.74. The third-order valence-corrected chi connectivity index (χ3v) is 7.32. The zero-order valence-corrected chi connectivity index (χ0v) is 15.3. The van der Waals surface area contributed by atoms with E-state index >= 15 is 0 Å². The summed E-state index contributed by atoms with van der Waals surface area (Å²) in [5.41, 5.74) is -1.01. The Kier molecular flexibility index (Phi) is 4.18. The van der Waals surface area contributed by atoms with Crippen LogP contribution in [-0.4, -0.2) is 23.9 Å². The van der Waals surface area contributed by atoms with Crippen molar-refractivity contribution < 1.29 is 22.7 Å². The summed E-state index contributed by atoms with van der Waals surface area (Å²) in [6, 6.07) is 5.30. The van der Waals surface area contributed by atoms with Gasteiger partial charge in [0.15, 0.2) is 0 Å². The van der Waals surface area contributed by atoms with Gasteiger partial charge in [-0.05, 0) is 49.4 Å². The van der Waals surface area contributed by atoms with E-state index in [9.17, 15) is 18.0 Å². The lowest BCUT2D eigenvalue weighted by Gasteiger charge is -2.32. The van der Waals surface area contributed by atoms with Gasteiger partial charge in [-0.3, -0.25) is 4.79 Å². The molecule has 2 fully saturated rings. The van der Waals surface area contributed by atoms with Crippen LogP contribution in [0.15, 0.2) is 30.4 Å². The van der Waals surface area contributed by atoms with Crippen LogP contribution >= 0.6 is 11.9 Å². The van der Waals surface area contributed by atoms with Crippen LogP contribution in [0.3, 0.4) is 0 Å². The number of alkyl halides is 3. The van der Waals surface area contributed by atoms with E-state index in [0.717, 1.165) is 12.5 Å². The quantitative estimate of drug-likeness (QED) is 0.438. The van der Waals surface area contributed by atoms with Crippen molar-refractivity contribution in [1.29, 1.82) is 5.26 Å². The lowest BCUT2D eigenvalue weighted by atomic mass is 9.82. The normalized spacial score (nSPS) is 31.1. The molecule has 0 unspecified atom stereocenters. The van der Waals surface area contributed by atoms with E-state index in [1.165, 1.54) is 24.1 Å². The van der Waals surface area contributed by atoms with Gasteiger partial charge in [-0.2, -0.15) is 18.4 Å². The molecule has 1 aliphatic heterocycles. The number of benzene rings is 1. The number of esters is 1. The lowest BCUT2D eigenvalue weighted by molar-refractivity contribution is -0.147. The molecule has 2 bridgehead atoms. The molecule has 8 heteroatoms. The van der Waals surface area contributed by atoms with E-state index < -0.39 is 22.1 Å². The number of carbonyl (C=O) groups excluding carboxylic acids is 1. The third kappa shape index (κ3) is 2.63. The number of hydrogen-bond donors (Lipinski definition) is 0. The molecule has 0 spiro atoms. The Labute approximate surface area is 159 Å². The average Bonchev–Trinajstić information content (AvgIpc) is 3.32. The summed E-state index contributed by atoms with van der Waals surface area (Å²) < 4.78 is 46.2. The number of allylic oxidation sites excluding steroid dienone is 2. The van der Waals surface area contributed by atoms with Crippen LogP contribution < -0.4 is 4.31 Å². The van der Waals surface area contributed by atoms with E-state index in [0.29, 0.717) is 12.2 Å². The summed E-state index contributed by atoms with van der Waals surface area (Å²) in [7, 11) is 0. The predicted molar refractivity (Wildman–Crippen MR) is 94.7 cm³/mol. The van der Waals surface area contributed by atoms with Gasteiger partial charge in [-0.1, -0.05) is 12.2 Å². The minimum absolute atomic E-state index is 0.00142. The summed E-state index contributed by atoms with van der Waals surface area (Å²) in [5, 5.41) is 8.98. The average molecular weight is 394 g/mol. The number of rotatable bonds is 3. The highest BCUT2D eigenvalue weighted by atomic mass is 32.2. The second kappa shape index (κ2) is 6.20. The van der Waals surface area contributed by atoms with Gasteiger partial charge in [0, 0.05) is 24.1 Å². The van der Waals surface area contributed by atoms with Crippen molar-refractivity contribution >= 4 is 23.6 Å². The number of ether oxygens (including phenoxy) is 1. The van der Waals surface area contributed by atoms with Gasteiger partial charge in [0.25, 0.3) is 0 Å². The summed E-state index contributed by atoms with van der Waals surface area (Å²) in [4.78, 5) is 12.8. The Morgan fingerprint density at radius 1 is 1.44 bits per heavy atom. The molecule has 4 nitrogen and oxygen atoms in total. The summed E-state index contributed by atoms with van der Waals surface area (Å²) in [5.74, 6) is -0.0232. The van der Waals surface area contributed by atoms with Crippen LogP contribution in [0, 0.1) is 29.1 Å². The fourth-order valence-corrected chi connectivity index (χ4v) is 6.15. The maximum absolute atomic E-state index is 13.3. The fraction of sp³-hybridized carbons (Fsp3) is 0.474. The number of fused-ring (bicyclic) bond motifs is 5. The predicted octanol–water partition coefficient (Wildman–Crippen LogP) is 4.17. The molecule has 2 aliphatic carbocycles. The molecule has 1 heterocycles. The Bertz CT molecular complexity index is 863. The van der Waals surface area contributed by atoms with Crippen molar-refractivity contribution in [2.45, 2.75) is 24.3 Å². The smallest absolute Gasteiger partial charge is 0.417 e. The third-order valence-electron chi connectivity index (χ3n) is 5.67. The van der Waals surface area contributed by atoms with Gasteiger partial charge in [0.05, 0.1) is 23.8 Å². The SMILES string of the molecule is CCOC(=O)[C@@]12SN(c3ccc(C#N)c(C(F)(F)F)c3)C[C@@H]1[C@@H]1C=C[C@H]2C1. The van der Waals surface area contributed by atoms with E-state index in [-0.39, 0.29) is 30.3 Å². The van der Waals surface area contributed by atoms with Crippen LogP contribution in [-0.2, 0) is 15.7 Å². The van der Waals surface area contributed by atoms with Crippen LogP contribution in [0.4, 0.5) is 18.9 Å². The Morgan fingerprint density at radius 2 is 2.22 bits per heavy atom. The van der Waals surface area contributed by atoms with Gasteiger partial charge in [0.2, 0.25) is 0 Å². The monoisotopic (exact) mass is 394 g/mol. The Morgan fingerprint density at radius 3 is 2.89 bits per heavy atom. The Hall–Kier alpha value is -2.14. The van der Waals surface area contributed by atoms with Crippen molar-refractivity contribution in [3.05, 3.63) is 41.5 Å². The molecular formula is C19H17F3N2O2S. The topological polar surface area (TPSA) is 53.3 Å². The zero-order chi connectivity index (χ0) is 19.4. The maximum atomic E-state index is 13.3. The first-order valence-corrected chi connectivity index (χ1v) is 9.52. The minimum Gasteiger partial charge on any atom is -0.465 e. The largest absolute Gasteiger partial charge is 0.465 e. The lowest BCUT2D eigenvalue weighted by Crippen LogP contribution is -2.45. The van der Waals surface area contributed by atoms with E-state index in [2.05, 4.69) is 6.08 Å². The van der Waals surface area contributed by atoms with Gasteiger partial charge in [-0.25, -0.2) is 0 Å². The molecule has 3 aliphatic rings. The van der Waals surface area contributed by atoms with Gasteiger partial charge in [0.1, 0.15) is 4.75 Å². The number of nitrogens with zero attached hydrogens (tertiary/aromatic N) is 2. The van der Waals surface area contributed by atoms with Crippen molar-refractivity contribution in [3.8, 4) is 6.07 Å². The first kappa shape index (κ1) is 18.2. The molecule has 142 valence electrons. The van der Waals surface area contributed by atoms with Crippen LogP contribution in [0.1, 0.15) is 24.5 Å². The molecule has 1 saturated carbocycles. The van der Waals surface area contributed by atoms with Crippen molar-refractivity contribution in [2.24, 2.45) is 17.8 Å². The van der Waals surface area contributed by atoms with Crippen LogP contribution in [0.2, 0.25) is 0 Å². The van der Waals surface area contributed by atoms with Gasteiger partial charge >= 0.3 is 12.1 Å². The number of hydrogen-bond acceptors (Lipinski definition) is 5. The molecule has 0 amide bonds. The molecule has 1 aromatic rings. The number of carbonyl (C=O) groups is 1. The number of anilines is 1. The molecular weight excluding hydrogens is 377 g/mol. The molecule has 0 aromatic heterocycles. The summed E-state index contributed by atoms with van der Waals surface area (Å²) in [6.07, 6.45) is 0.414. The standard InChI is InChI=1S/C19H17F3N2O2S/c1-2-26-17(25)18-13-5-3-11(7-13)16(18)10-24(27-18)14-6-4-12(9-23)15(8-14)19(20,21)22/h3-6,8,11,13,16H,2,7,10H2,1H3/t11-,13+,16-,18+/m1/s1. The molecule has 0 N–H and O–H groups in total. The molecule has 0 radical (unpaired) electrons. The van der Waals surface area contributed by atoms with E-state index in [4.69, 9.17) is 10.00 Å². The van der Waals surface area contributed by atoms with Gasteiger partial charge < -0.3 is 9.04 Å². The fourth-order valence-electron chi connectivity index (χ4n) is 4.50. The highest BCUT2D eigenvalue weighted by molar-refractivity contribution is 8.03. The molecule has 1 saturated heterocycles. The minimum atomic E-state index is -4.61. The van der Waals surface area contributed by atoms with Crippen molar-refractivity contribution in [3.63, 3.8) is 0 Å². The number of nitriles is 1. The van der Waals surface area contributed by atoms with Crippen LogP contribution in [0.5, 0.6) is 0 Å². The molecule has 27 heavy (non-hydrogen) atoms. The second-order valence-electron chi connectivity index (χ2n) is 7.00. The Balaban J connectivity index is 1.70. The molecule has 1 aromatic carbocycles. The first-order chi connectivity index (χ1) is 12.8. The highest BCUT2D eigenvalue weighted by Gasteiger charge is 2.66. The maximum Gasteiger partial charge on any atom is 0.417 e. The number of halogens is 3. The van der Waals surface area contributed by atoms with Crippen molar-refractivity contribution in [1.82, 2.24) is 0 Å². The van der Waals surface area contributed by atoms with Crippen LogP contribution in [0.25, 0.3) is 0 Å². The second-order valence-corrected chi connectivity index (χ2v) is 8.30. The summed E-state index contributed by atoms with van der Waals surface area (Å²) in [6.45, 7) is 2.49. The zero-order valence-electron chi connectivity index (χ0n) is 14.5. The molecule has 4 atom stereocenters. The van der Waals surface area contributed by atoms with E-state index in [1.54, 1.807) is 17.3 Å². The summed E-state index contributed by atoms with van der Waals surface area (Å²) >= 11 is 1.28. The van der Waals surface area contributed by atoms with E-state index in [1.807, 2.05) is 6.08 Å². The molecule has 4 rings (SSSR count). The highest BCUT2D eigenvalue weighted by Crippen LogP contribution is 2.63. The van der Waals surface area contributed by atoms with Crippen molar-refractivity contribution in [2.75, 3.05) is 17.5 Å². The van der Waals surface area contributed by atoms with Gasteiger partial charge in [-0.15, -0.1) is 0 Å².